The average molecular weight is 224 g/mol. The molecule has 0 radical (unpaired) electrons. The number of aliphatic hydroxyl groups is 1. The minimum absolute atomic E-state index is 0.363. The van der Waals surface area contributed by atoms with Crippen molar-refractivity contribution in [3.05, 3.63) is 0 Å². The van der Waals surface area contributed by atoms with Crippen LogP contribution in [0.5, 0.6) is 0 Å². The maximum Gasteiger partial charge on any atom is 0.345 e. The largest absolute Gasteiger partial charge is 0.462 e. The second-order valence-electron chi connectivity index (χ2n) is 3.85. The number of aliphatic hydroxyl groups excluding tert-OH is 1. The highest BCUT2D eigenvalue weighted by Crippen LogP contribution is 2.48. The van der Waals surface area contributed by atoms with E-state index in [-0.39, 0.29) is 6.61 Å². The lowest BCUT2D eigenvalue weighted by atomic mass is 9.79. The Labute approximate surface area is 79.8 Å². The summed E-state index contributed by atoms with van der Waals surface area (Å²) in [6.45, 7) is -1.06. The lowest BCUT2D eigenvalue weighted by molar-refractivity contribution is -0.147. The van der Waals surface area contributed by atoms with E-state index in [1.807, 2.05) is 0 Å². The van der Waals surface area contributed by atoms with Gasteiger partial charge in [0.2, 0.25) is 5.67 Å². The smallest absolute Gasteiger partial charge is 0.345 e. The number of halogens is 1. The molecular weight excluding hydrogens is 215 g/mol. The summed E-state index contributed by atoms with van der Waals surface area (Å²) >= 11 is 0. The number of hydrogen-bond donors (Lipinski definition) is 1. The summed E-state index contributed by atoms with van der Waals surface area (Å²) in [7, 11) is -3.60. The van der Waals surface area contributed by atoms with Gasteiger partial charge in [-0.05, 0) is 0 Å². The SMILES string of the molecule is O=C1OC[C@]2(CO)CS(=O)(=O)C[C@]12F. The molecule has 2 saturated heterocycles. The van der Waals surface area contributed by atoms with Gasteiger partial charge < -0.3 is 9.84 Å². The number of fused-ring (bicyclic) bond motifs is 1. The Morgan fingerprint density at radius 2 is 2.14 bits per heavy atom. The summed E-state index contributed by atoms with van der Waals surface area (Å²) in [4.78, 5) is 11.1. The van der Waals surface area contributed by atoms with Crippen LogP contribution in [0.2, 0.25) is 0 Å². The maximum absolute atomic E-state index is 14.0. The standard InChI is InChI=1S/C7H9FO5S/c8-7-4-14(11,12)3-6(7,1-9)2-13-5(7)10/h9H,1-4H2/t6-,7+/m1/s1. The van der Waals surface area contributed by atoms with Crippen molar-refractivity contribution >= 4 is 15.8 Å². The molecule has 0 spiro atoms. The van der Waals surface area contributed by atoms with Crippen LogP contribution in [0.25, 0.3) is 0 Å². The maximum atomic E-state index is 14.0. The fourth-order valence-electron chi connectivity index (χ4n) is 2.01. The summed E-state index contributed by atoms with van der Waals surface area (Å²) in [6.07, 6.45) is 0. The molecule has 2 heterocycles. The Balaban J connectivity index is 2.54. The van der Waals surface area contributed by atoms with Crippen molar-refractivity contribution in [2.75, 3.05) is 24.7 Å². The van der Waals surface area contributed by atoms with E-state index < -0.39 is 45.0 Å². The Kier molecular flexibility index (Phi) is 1.73. The molecule has 2 atom stereocenters. The lowest BCUT2D eigenvalue weighted by Gasteiger charge is -2.24. The quantitative estimate of drug-likeness (QED) is 0.557. The Hall–Kier alpha value is -0.690. The van der Waals surface area contributed by atoms with Gasteiger partial charge in [0.05, 0.1) is 23.5 Å². The van der Waals surface area contributed by atoms with Gasteiger partial charge in [0.1, 0.15) is 6.61 Å². The first-order chi connectivity index (χ1) is 6.35. The van der Waals surface area contributed by atoms with Crippen LogP contribution in [0.3, 0.4) is 0 Å². The van der Waals surface area contributed by atoms with Gasteiger partial charge in [0.15, 0.2) is 9.84 Å². The predicted octanol–water partition coefficient (Wildman–Crippen LogP) is -1.34. The van der Waals surface area contributed by atoms with Crippen LogP contribution in [0.1, 0.15) is 0 Å². The van der Waals surface area contributed by atoms with Gasteiger partial charge >= 0.3 is 5.97 Å². The molecule has 5 nitrogen and oxygen atoms in total. The molecule has 14 heavy (non-hydrogen) atoms. The van der Waals surface area contributed by atoms with Crippen molar-refractivity contribution in [3.63, 3.8) is 0 Å². The molecule has 0 aromatic carbocycles. The monoisotopic (exact) mass is 224 g/mol. The molecule has 2 fully saturated rings. The van der Waals surface area contributed by atoms with Gasteiger partial charge in [-0.25, -0.2) is 17.6 Å². The third-order valence-corrected chi connectivity index (χ3v) is 4.69. The molecule has 80 valence electrons. The zero-order chi connectivity index (χ0) is 10.6. The van der Waals surface area contributed by atoms with E-state index in [0.29, 0.717) is 0 Å². The molecule has 0 saturated carbocycles. The zero-order valence-corrected chi connectivity index (χ0v) is 8.01. The number of ether oxygens (including phenoxy) is 1. The van der Waals surface area contributed by atoms with E-state index in [1.165, 1.54) is 0 Å². The van der Waals surface area contributed by atoms with Gasteiger partial charge in [0.25, 0.3) is 0 Å². The van der Waals surface area contributed by atoms with Crippen LogP contribution < -0.4 is 0 Å². The second-order valence-corrected chi connectivity index (χ2v) is 5.91. The zero-order valence-electron chi connectivity index (χ0n) is 7.19. The van der Waals surface area contributed by atoms with E-state index in [9.17, 15) is 17.6 Å². The molecule has 7 heteroatoms. The minimum Gasteiger partial charge on any atom is -0.462 e. The number of alkyl halides is 1. The van der Waals surface area contributed by atoms with Crippen molar-refractivity contribution < 1.29 is 27.4 Å². The van der Waals surface area contributed by atoms with Crippen LogP contribution >= 0.6 is 0 Å². The number of cyclic esters (lactones) is 1. The van der Waals surface area contributed by atoms with E-state index >= 15 is 0 Å². The first-order valence-electron chi connectivity index (χ1n) is 4.03. The second kappa shape index (κ2) is 2.46. The van der Waals surface area contributed by atoms with Crippen molar-refractivity contribution in [1.29, 1.82) is 0 Å². The molecule has 0 aliphatic carbocycles. The predicted molar refractivity (Wildman–Crippen MR) is 43.0 cm³/mol. The summed E-state index contributed by atoms with van der Waals surface area (Å²) in [5, 5.41) is 9.01. The van der Waals surface area contributed by atoms with Crippen molar-refractivity contribution in [2.45, 2.75) is 5.67 Å². The summed E-state index contributed by atoms with van der Waals surface area (Å²) in [6, 6.07) is 0. The van der Waals surface area contributed by atoms with Crippen molar-refractivity contribution in [1.82, 2.24) is 0 Å². The number of rotatable bonds is 1. The van der Waals surface area contributed by atoms with Crippen molar-refractivity contribution in [2.24, 2.45) is 5.41 Å². The van der Waals surface area contributed by atoms with Crippen LogP contribution in [0.4, 0.5) is 4.39 Å². The molecule has 0 aromatic rings. The molecule has 0 unspecified atom stereocenters. The summed E-state index contributed by atoms with van der Waals surface area (Å²) in [5.74, 6) is -2.58. The lowest BCUT2D eigenvalue weighted by Crippen LogP contribution is -2.47. The Morgan fingerprint density at radius 1 is 1.50 bits per heavy atom. The molecule has 2 aliphatic heterocycles. The third-order valence-electron chi connectivity index (χ3n) is 2.86. The average Bonchev–Trinajstić information content (AvgIpc) is 2.41. The highest BCUT2D eigenvalue weighted by molar-refractivity contribution is 7.91. The van der Waals surface area contributed by atoms with Crippen LogP contribution in [-0.2, 0) is 19.4 Å². The topological polar surface area (TPSA) is 80.7 Å². The third kappa shape index (κ3) is 0.964. The van der Waals surface area contributed by atoms with E-state index in [2.05, 4.69) is 4.74 Å². The number of carbonyl (C=O) groups is 1. The van der Waals surface area contributed by atoms with Crippen LogP contribution in [0.15, 0.2) is 0 Å². The number of sulfone groups is 1. The molecule has 0 amide bonds. The van der Waals surface area contributed by atoms with E-state index in [4.69, 9.17) is 5.11 Å². The molecule has 2 aliphatic rings. The summed E-state index contributed by atoms with van der Waals surface area (Å²) in [5.41, 5.74) is -4.14. The first kappa shape index (κ1) is 9.85. The van der Waals surface area contributed by atoms with Crippen LogP contribution in [0, 0.1) is 5.41 Å². The molecule has 0 aromatic heterocycles. The van der Waals surface area contributed by atoms with Gasteiger partial charge in [-0.2, -0.15) is 0 Å². The highest BCUT2D eigenvalue weighted by Gasteiger charge is 2.71. The molecule has 2 rings (SSSR count). The highest BCUT2D eigenvalue weighted by atomic mass is 32.2. The van der Waals surface area contributed by atoms with Crippen LogP contribution in [-0.4, -0.2) is 49.9 Å². The number of hydrogen-bond acceptors (Lipinski definition) is 5. The van der Waals surface area contributed by atoms with E-state index in [1.54, 1.807) is 0 Å². The number of esters is 1. The Morgan fingerprint density at radius 3 is 2.64 bits per heavy atom. The van der Waals surface area contributed by atoms with E-state index in [0.717, 1.165) is 0 Å². The van der Waals surface area contributed by atoms with Gasteiger partial charge in [-0.15, -0.1) is 0 Å². The summed E-state index contributed by atoms with van der Waals surface area (Å²) < 4.78 is 40.9. The Bertz CT molecular complexity index is 391. The molecular formula is C7H9FO5S. The van der Waals surface area contributed by atoms with Gasteiger partial charge in [0, 0.05) is 0 Å². The molecule has 1 N–H and O–H groups in total. The first-order valence-corrected chi connectivity index (χ1v) is 5.85. The number of carbonyl (C=O) groups excluding carboxylic acids is 1. The van der Waals surface area contributed by atoms with Gasteiger partial charge in [-0.3, -0.25) is 0 Å². The van der Waals surface area contributed by atoms with Gasteiger partial charge in [-0.1, -0.05) is 0 Å². The fourth-order valence-corrected chi connectivity index (χ4v) is 4.39. The normalized spacial score (nSPS) is 44.9. The molecule has 0 bridgehead atoms. The van der Waals surface area contributed by atoms with Crippen molar-refractivity contribution in [3.8, 4) is 0 Å². The fraction of sp³-hybridized carbons (Fsp3) is 0.857. The minimum atomic E-state index is -3.60.